The molecule has 0 unspecified atom stereocenters. The molecule has 0 fully saturated rings. The molecule has 0 aliphatic heterocycles. The molecule has 114 valence electrons. The molecule has 3 rings (SSSR count). The summed E-state index contributed by atoms with van der Waals surface area (Å²) in [5.74, 6) is 0.889. The molecule has 22 heavy (non-hydrogen) atoms. The van der Waals surface area contributed by atoms with Gasteiger partial charge in [0.2, 0.25) is 5.16 Å². The van der Waals surface area contributed by atoms with Gasteiger partial charge < -0.3 is 0 Å². The lowest BCUT2D eigenvalue weighted by atomic mass is 10.0. The van der Waals surface area contributed by atoms with E-state index in [1.54, 1.807) is 18.1 Å². The monoisotopic (exact) mass is 312 g/mol. The summed E-state index contributed by atoms with van der Waals surface area (Å²) in [4.78, 5) is 0. The first kappa shape index (κ1) is 14.9. The van der Waals surface area contributed by atoms with Crippen molar-refractivity contribution < 1.29 is 0 Å². The Labute approximate surface area is 135 Å². The van der Waals surface area contributed by atoms with Crippen LogP contribution in [0.2, 0.25) is 0 Å². The third-order valence-corrected chi connectivity index (χ3v) is 4.61. The van der Waals surface area contributed by atoms with Gasteiger partial charge in [0, 0.05) is 12.0 Å². The number of nitrogens with zero attached hydrogens (tertiary/aromatic N) is 3. The van der Waals surface area contributed by atoms with Gasteiger partial charge in [-0.3, -0.25) is 5.43 Å². The lowest BCUT2D eigenvalue weighted by Gasteiger charge is -2.10. The fraction of sp³-hybridized carbons (Fsp3) is 0.294. The Bertz CT molecular complexity index is 670. The highest BCUT2D eigenvalue weighted by molar-refractivity contribution is 7.98. The largest absolute Gasteiger partial charge is 0.298 e. The predicted octanol–water partition coefficient (Wildman–Crippen LogP) is 4.05. The first-order chi connectivity index (χ1) is 10.8. The van der Waals surface area contributed by atoms with Crippen LogP contribution in [0.5, 0.6) is 0 Å². The number of aromatic nitrogens is 3. The summed E-state index contributed by atoms with van der Waals surface area (Å²) in [5.41, 5.74) is 7.27. The fourth-order valence-electron chi connectivity index (χ4n) is 2.26. The third kappa shape index (κ3) is 4.01. The van der Waals surface area contributed by atoms with Crippen LogP contribution in [-0.2, 0) is 5.75 Å². The normalized spacial score (nSPS) is 16.1. The van der Waals surface area contributed by atoms with E-state index < -0.39 is 0 Å². The highest BCUT2D eigenvalue weighted by atomic mass is 32.2. The van der Waals surface area contributed by atoms with Crippen molar-refractivity contribution >= 4 is 11.8 Å². The van der Waals surface area contributed by atoms with Crippen LogP contribution in [0.4, 0.5) is 0 Å². The maximum atomic E-state index is 4.18. The summed E-state index contributed by atoms with van der Waals surface area (Å²) in [6, 6.07) is 8.60. The van der Waals surface area contributed by atoms with Crippen LogP contribution >= 0.6 is 11.8 Å². The first-order valence-electron chi connectivity index (χ1n) is 7.49. The maximum Gasteiger partial charge on any atom is 0.210 e. The molecule has 1 aromatic carbocycles. The van der Waals surface area contributed by atoms with Gasteiger partial charge in [0.25, 0.3) is 0 Å². The van der Waals surface area contributed by atoms with E-state index in [1.165, 1.54) is 16.7 Å². The van der Waals surface area contributed by atoms with Crippen molar-refractivity contribution in [3.8, 4) is 0 Å². The summed E-state index contributed by atoms with van der Waals surface area (Å²) in [5, 5.41) is 9.06. The number of hydrogen-bond acceptors (Lipinski definition) is 4. The van der Waals surface area contributed by atoms with Gasteiger partial charge in [-0.25, -0.2) is 4.68 Å². The average molecular weight is 312 g/mol. The summed E-state index contributed by atoms with van der Waals surface area (Å²) in [7, 11) is 0. The zero-order chi connectivity index (χ0) is 15.2. The van der Waals surface area contributed by atoms with Crippen molar-refractivity contribution in [3.63, 3.8) is 0 Å². The first-order valence-corrected chi connectivity index (χ1v) is 8.47. The van der Waals surface area contributed by atoms with Crippen LogP contribution in [0.1, 0.15) is 30.4 Å². The van der Waals surface area contributed by atoms with Crippen molar-refractivity contribution in [3.05, 3.63) is 65.6 Å². The van der Waals surface area contributed by atoms with Crippen molar-refractivity contribution in [1.29, 1.82) is 0 Å². The standard InChI is InChI=1S/C17H20N4S/c1-14-7-9-16(10-8-14)12-22-17-20-18-13-21(17)19-11-15-5-3-2-4-6-15/h2-3,7-11,13,19H,4-6,12H2,1H3. The highest BCUT2D eigenvalue weighted by Gasteiger charge is 2.05. The second-order valence-electron chi connectivity index (χ2n) is 5.40. The fourth-order valence-corrected chi connectivity index (χ4v) is 3.09. The second kappa shape index (κ2) is 7.31. The molecule has 0 saturated carbocycles. The second-order valence-corrected chi connectivity index (χ2v) is 6.35. The molecule has 1 aliphatic carbocycles. The van der Waals surface area contributed by atoms with Gasteiger partial charge in [0.1, 0.15) is 6.33 Å². The predicted molar refractivity (Wildman–Crippen MR) is 91.2 cm³/mol. The van der Waals surface area contributed by atoms with Crippen molar-refractivity contribution in [2.24, 2.45) is 0 Å². The van der Waals surface area contributed by atoms with Crippen LogP contribution in [0, 0.1) is 6.92 Å². The zero-order valence-corrected chi connectivity index (χ0v) is 13.5. The molecular formula is C17H20N4S. The molecular weight excluding hydrogens is 292 g/mol. The smallest absolute Gasteiger partial charge is 0.210 e. The molecule has 5 heteroatoms. The van der Waals surface area contributed by atoms with Crippen molar-refractivity contribution in [2.45, 2.75) is 37.1 Å². The average Bonchev–Trinajstić information content (AvgIpc) is 3.01. The Hall–Kier alpha value is -2.01. The minimum Gasteiger partial charge on any atom is -0.298 e. The van der Waals surface area contributed by atoms with Crippen molar-refractivity contribution in [2.75, 3.05) is 5.43 Å². The summed E-state index contributed by atoms with van der Waals surface area (Å²) in [6.07, 6.45) is 11.5. The molecule has 1 aromatic heterocycles. The molecule has 0 spiro atoms. The summed E-state index contributed by atoms with van der Waals surface area (Å²) < 4.78 is 1.88. The Kier molecular flexibility index (Phi) is 4.96. The van der Waals surface area contributed by atoms with E-state index in [2.05, 4.69) is 65.2 Å². The van der Waals surface area contributed by atoms with Gasteiger partial charge in [-0.15, -0.1) is 10.2 Å². The number of allylic oxidation sites excluding steroid dienone is 3. The summed E-state index contributed by atoms with van der Waals surface area (Å²) in [6.45, 7) is 2.10. The van der Waals surface area contributed by atoms with Gasteiger partial charge in [0.05, 0.1) is 0 Å². The van der Waals surface area contributed by atoms with E-state index >= 15 is 0 Å². The van der Waals surface area contributed by atoms with Gasteiger partial charge in [0.15, 0.2) is 0 Å². The minimum absolute atomic E-state index is 0.878. The van der Waals surface area contributed by atoms with E-state index in [1.807, 2.05) is 4.68 Å². The van der Waals surface area contributed by atoms with E-state index in [4.69, 9.17) is 0 Å². The van der Waals surface area contributed by atoms with Crippen LogP contribution < -0.4 is 5.43 Å². The molecule has 0 amide bonds. The number of nitrogens with one attached hydrogen (secondary N) is 1. The highest BCUT2D eigenvalue weighted by Crippen LogP contribution is 2.21. The van der Waals surface area contributed by atoms with Crippen LogP contribution in [-0.4, -0.2) is 14.9 Å². The molecule has 1 N–H and O–H groups in total. The molecule has 0 radical (unpaired) electrons. The van der Waals surface area contributed by atoms with Crippen LogP contribution in [0.25, 0.3) is 0 Å². The Morgan fingerprint density at radius 3 is 2.91 bits per heavy atom. The van der Waals surface area contributed by atoms with Crippen molar-refractivity contribution in [1.82, 2.24) is 14.9 Å². The maximum absolute atomic E-state index is 4.18. The number of rotatable bonds is 5. The SMILES string of the molecule is Cc1ccc(CSc2nncn2NC=C2CC=CCC2)cc1. The topological polar surface area (TPSA) is 42.7 Å². The van der Waals surface area contributed by atoms with Crippen LogP contribution in [0.15, 0.2) is 59.7 Å². The van der Waals surface area contributed by atoms with Gasteiger partial charge >= 0.3 is 0 Å². The summed E-state index contributed by atoms with van der Waals surface area (Å²) >= 11 is 1.68. The van der Waals surface area contributed by atoms with E-state index in [9.17, 15) is 0 Å². The lowest BCUT2D eigenvalue weighted by Crippen LogP contribution is -2.09. The van der Waals surface area contributed by atoms with Gasteiger partial charge in [-0.05, 0) is 37.3 Å². The minimum atomic E-state index is 0.878. The number of thioether (sulfide) groups is 1. The zero-order valence-electron chi connectivity index (χ0n) is 12.7. The molecule has 1 heterocycles. The third-order valence-electron chi connectivity index (χ3n) is 3.59. The van der Waals surface area contributed by atoms with E-state index in [0.29, 0.717) is 0 Å². The Morgan fingerprint density at radius 2 is 2.14 bits per heavy atom. The van der Waals surface area contributed by atoms with Gasteiger partial charge in [-0.1, -0.05) is 53.7 Å². The molecule has 2 aromatic rings. The molecule has 4 nitrogen and oxygen atoms in total. The van der Waals surface area contributed by atoms with E-state index in [0.717, 1.165) is 30.2 Å². The Morgan fingerprint density at radius 1 is 1.27 bits per heavy atom. The lowest BCUT2D eigenvalue weighted by molar-refractivity contribution is 0.804. The quantitative estimate of drug-likeness (QED) is 0.668. The van der Waals surface area contributed by atoms with Gasteiger partial charge in [-0.2, -0.15) is 0 Å². The van der Waals surface area contributed by atoms with E-state index in [-0.39, 0.29) is 0 Å². The number of aryl methyl sites for hydroxylation is 1. The Balaban J connectivity index is 1.59. The molecule has 1 aliphatic rings. The molecule has 0 bridgehead atoms. The van der Waals surface area contributed by atoms with Crippen LogP contribution in [0.3, 0.4) is 0 Å². The number of hydrogen-bond donors (Lipinski definition) is 1. The molecule has 0 saturated heterocycles. The number of benzene rings is 1. The molecule has 0 atom stereocenters.